The fourth-order valence-corrected chi connectivity index (χ4v) is 4.09. The van der Waals surface area contributed by atoms with Crippen molar-refractivity contribution in [3.05, 3.63) is 48.4 Å². The lowest BCUT2D eigenvalue weighted by Gasteiger charge is -2.40. The van der Waals surface area contributed by atoms with Gasteiger partial charge in [0.05, 0.1) is 18.7 Å². The molecule has 0 bridgehead atoms. The van der Waals surface area contributed by atoms with Gasteiger partial charge in [0.1, 0.15) is 5.69 Å². The first-order valence-corrected chi connectivity index (χ1v) is 8.53. The molecule has 1 amide bonds. The first-order valence-electron chi connectivity index (χ1n) is 8.53. The van der Waals surface area contributed by atoms with Crippen LogP contribution in [0.4, 0.5) is 0 Å². The fraction of sp³-hybridized carbons (Fsp3) is 0.500. The predicted molar refractivity (Wildman–Crippen MR) is 88.2 cm³/mol. The van der Waals surface area contributed by atoms with Crippen molar-refractivity contribution in [2.45, 2.75) is 25.8 Å². The number of hydrogen-bond acceptors (Lipinski definition) is 5. The maximum atomic E-state index is 12.7. The average Bonchev–Trinajstić information content (AvgIpc) is 3.26. The number of carbonyl (C=O) groups is 1. The van der Waals surface area contributed by atoms with Gasteiger partial charge in [-0.25, -0.2) is 4.98 Å². The van der Waals surface area contributed by atoms with E-state index in [1.165, 1.54) is 12.0 Å². The van der Waals surface area contributed by atoms with Gasteiger partial charge in [-0.2, -0.15) is 0 Å². The number of aromatic nitrogens is 2. The van der Waals surface area contributed by atoms with Gasteiger partial charge in [-0.3, -0.25) is 14.7 Å². The van der Waals surface area contributed by atoms with Gasteiger partial charge in [-0.1, -0.05) is 0 Å². The second-order valence-electron chi connectivity index (χ2n) is 7.01. The van der Waals surface area contributed by atoms with E-state index in [1.807, 2.05) is 17.2 Å². The molecule has 4 rings (SSSR count). The molecule has 0 saturated carbocycles. The van der Waals surface area contributed by atoms with Gasteiger partial charge in [0, 0.05) is 49.6 Å². The summed E-state index contributed by atoms with van der Waals surface area (Å²) in [6, 6.07) is 2.02. The molecule has 4 heterocycles. The maximum absolute atomic E-state index is 12.7. The molecule has 24 heavy (non-hydrogen) atoms. The highest BCUT2D eigenvalue weighted by Gasteiger charge is 2.42. The predicted octanol–water partition coefficient (Wildman–Crippen LogP) is 2.20. The average molecular weight is 326 g/mol. The summed E-state index contributed by atoms with van der Waals surface area (Å²) in [5.74, 6) is 0.00968. The van der Waals surface area contributed by atoms with Gasteiger partial charge in [-0.05, 0) is 31.9 Å². The van der Waals surface area contributed by atoms with Crippen LogP contribution in [-0.2, 0) is 6.54 Å². The second kappa shape index (κ2) is 6.36. The minimum atomic E-state index is 0.00968. The Hall–Kier alpha value is -2.21. The highest BCUT2D eigenvalue weighted by Crippen LogP contribution is 2.39. The zero-order valence-corrected chi connectivity index (χ0v) is 13.7. The monoisotopic (exact) mass is 326 g/mol. The number of nitrogens with zero attached hydrogens (tertiary/aromatic N) is 4. The molecule has 0 N–H and O–H groups in total. The third kappa shape index (κ3) is 3.06. The maximum Gasteiger partial charge on any atom is 0.274 e. The molecule has 1 unspecified atom stereocenters. The van der Waals surface area contributed by atoms with E-state index >= 15 is 0 Å². The number of hydrogen-bond donors (Lipinski definition) is 0. The van der Waals surface area contributed by atoms with E-state index in [1.54, 1.807) is 24.9 Å². The van der Waals surface area contributed by atoms with E-state index in [-0.39, 0.29) is 11.3 Å². The van der Waals surface area contributed by atoms with Crippen LogP contribution in [0.15, 0.2) is 41.6 Å². The number of carbonyl (C=O) groups excluding carboxylic acids is 1. The second-order valence-corrected chi connectivity index (χ2v) is 7.01. The number of piperidine rings is 1. The van der Waals surface area contributed by atoms with E-state index in [4.69, 9.17) is 4.42 Å². The van der Waals surface area contributed by atoms with Gasteiger partial charge in [-0.15, -0.1) is 0 Å². The molecule has 1 spiro atoms. The Kier molecular flexibility index (Phi) is 4.06. The summed E-state index contributed by atoms with van der Waals surface area (Å²) in [6.45, 7) is 4.69. The van der Waals surface area contributed by atoms with Crippen molar-refractivity contribution in [3.63, 3.8) is 0 Å². The van der Waals surface area contributed by atoms with Crippen LogP contribution in [0.25, 0.3) is 0 Å². The SMILES string of the molecule is O=C(c1cnccn1)N1CCCC2(CCN(Cc3ccoc3)C2)C1. The topological polar surface area (TPSA) is 62.5 Å². The minimum absolute atomic E-state index is 0.00968. The highest BCUT2D eigenvalue weighted by atomic mass is 16.3. The molecule has 6 nitrogen and oxygen atoms in total. The summed E-state index contributed by atoms with van der Waals surface area (Å²) in [5, 5.41) is 0. The molecule has 6 heteroatoms. The normalized spacial score (nSPS) is 24.6. The first kappa shape index (κ1) is 15.3. The van der Waals surface area contributed by atoms with Crippen LogP contribution >= 0.6 is 0 Å². The Morgan fingerprint density at radius 3 is 3.00 bits per heavy atom. The molecule has 2 fully saturated rings. The third-order valence-electron chi connectivity index (χ3n) is 5.23. The van der Waals surface area contributed by atoms with Gasteiger partial charge < -0.3 is 9.32 Å². The molecule has 2 aromatic heterocycles. The molecular weight excluding hydrogens is 304 g/mol. The quantitative estimate of drug-likeness (QED) is 0.865. The van der Waals surface area contributed by atoms with Gasteiger partial charge in [0.2, 0.25) is 0 Å². The molecule has 0 aromatic carbocycles. The molecule has 1 atom stereocenters. The summed E-state index contributed by atoms with van der Waals surface area (Å²) < 4.78 is 5.17. The first-order chi connectivity index (χ1) is 11.7. The molecule has 2 aliphatic heterocycles. The Balaban J connectivity index is 1.42. The van der Waals surface area contributed by atoms with E-state index in [0.717, 1.165) is 45.6 Å². The van der Waals surface area contributed by atoms with Crippen molar-refractivity contribution in [1.29, 1.82) is 0 Å². The van der Waals surface area contributed by atoms with Crippen molar-refractivity contribution >= 4 is 5.91 Å². The number of likely N-dealkylation sites (tertiary alicyclic amines) is 2. The van der Waals surface area contributed by atoms with E-state index < -0.39 is 0 Å². The van der Waals surface area contributed by atoms with Gasteiger partial charge in [0.25, 0.3) is 5.91 Å². The Morgan fingerprint density at radius 1 is 1.25 bits per heavy atom. The van der Waals surface area contributed by atoms with E-state index in [9.17, 15) is 4.79 Å². The van der Waals surface area contributed by atoms with Crippen LogP contribution in [0.5, 0.6) is 0 Å². The van der Waals surface area contributed by atoms with Crippen LogP contribution in [0.2, 0.25) is 0 Å². The van der Waals surface area contributed by atoms with E-state index in [2.05, 4.69) is 14.9 Å². The summed E-state index contributed by atoms with van der Waals surface area (Å²) in [7, 11) is 0. The zero-order valence-electron chi connectivity index (χ0n) is 13.7. The summed E-state index contributed by atoms with van der Waals surface area (Å²) in [5.41, 5.74) is 1.89. The lowest BCUT2D eigenvalue weighted by Crippen LogP contribution is -2.47. The van der Waals surface area contributed by atoms with Gasteiger partial charge >= 0.3 is 0 Å². The fourth-order valence-electron chi connectivity index (χ4n) is 4.09. The number of furan rings is 1. The number of rotatable bonds is 3. The molecule has 2 aromatic rings. The van der Waals surface area contributed by atoms with Crippen LogP contribution in [-0.4, -0.2) is 51.9 Å². The minimum Gasteiger partial charge on any atom is -0.472 e. The highest BCUT2D eigenvalue weighted by molar-refractivity contribution is 5.92. The Labute approximate surface area is 141 Å². The van der Waals surface area contributed by atoms with Crippen LogP contribution in [0.3, 0.4) is 0 Å². The summed E-state index contributed by atoms with van der Waals surface area (Å²) in [6.07, 6.45) is 11.7. The summed E-state index contributed by atoms with van der Waals surface area (Å²) in [4.78, 5) is 25.3. The Morgan fingerprint density at radius 2 is 2.21 bits per heavy atom. The zero-order chi connectivity index (χ0) is 16.4. The van der Waals surface area contributed by atoms with Crippen molar-refractivity contribution in [3.8, 4) is 0 Å². The Bertz CT molecular complexity index is 688. The van der Waals surface area contributed by atoms with Crippen molar-refractivity contribution in [2.75, 3.05) is 26.2 Å². The molecule has 2 aliphatic rings. The lowest BCUT2D eigenvalue weighted by molar-refractivity contribution is 0.0521. The number of amides is 1. The smallest absolute Gasteiger partial charge is 0.274 e. The molecule has 0 radical (unpaired) electrons. The van der Waals surface area contributed by atoms with Crippen LogP contribution in [0.1, 0.15) is 35.3 Å². The van der Waals surface area contributed by atoms with Crippen LogP contribution < -0.4 is 0 Å². The van der Waals surface area contributed by atoms with Crippen molar-refractivity contribution in [2.24, 2.45) is 5.41 Å². The van der Waals surface area contributed by atoms with Crippen LogP contribution in [0, 0.1) is 5.41 Å². The molecule has 0 aliphatic carbocycles. The molecule has 126 valence electrons. The third-order valence-corrected chi connectivity index (χ3v) is 5.23. The molecular formula is C18H22N4O2. The lowest BCUT2D eigenvalue weighted by atomic mass is 9.79. The van der Waals surface area contributed by atoms with Crippen molar-refractivity contribution < 1.29 is 9.21 Å². The van der Waals surface area contributed by atoms with E-state index in [0.29, 0.717) is 5.69 Å². The van der Waals surface area contributed by atoms with Gasteiger partial charge in [0.15, 0.2) is 0 Å². The summed E-state index contributed by atoms with van der Waals surface area (Å²) >= 11 is 0. The largest absolute Gasteiger partial charge is 0.472 e. The standard InChI is InChI=1S/C18H22N4O2/c23-17(16-10-19-5-6-20-16)22-7-1-3-18(14-22)4-8-21(13-18)11-15-2-9-24-12-15/h2,5-6,9-10,12H,1,3-4,7-8,11,13-14H2. The molecule has 2 saturated heterocycles. The van der Waals surface area contributed by atoms with Crippen molar-refractivity contribution in [1.82, 2.24) is 19.8 Å².